The molecule has 6 heteroatoms. The summed E-state index contributed by atoms with van der Waals surface area (Å²) < 4.78 is 0. The first kappa shape index (κ1) is 20.0. The summed E-state index contributed by atoms with van der Waals surface area (Å²) in [6.07, 6.45) is 4.98. The first-order chi connectivity index (χ1) is 12.8. The van der Waals surface area contributed by atoms with Crippen LogP contribution in [0.25, 0.3) is 0 Å². The minimum atomic E-state index is -0.206. The number of aromatic nitrogens is 1. The summed E-state index contributed by atoms with van der Waals surface area (Å²) in [7, 11) is 0. The van der Waals surface area contributed by atoms with E-state index in [2.05, 4.69) is 10.3 Å². The van der Waals surface area contributed by atoms with Gasteiger partial charge in [-0.3, -0.25) is 9.59 Å². The van der Waals surface area contributed by atoms with Gasteiger partial charge in [-0.1, -0.05) is 24.4 Å². The molecule has 1 saturated carbocycles. The number of hydrogen-bond donors (Lipinski definition) is 2. The van der Waals surface area contributed by atoms with Crippen LogP contribution in [0, 0.1) is 20.8 Å². The average Bonchev–Trinajstić information content (AvgIpc) is 3.09. The minimum absolute atomic E-state index is 0.159. The Labute approximate surface area is 169 Å². The van der Waals surface area contributed by atoms with E-state index in [0.29, 0.717) is 21.4 Å². The van der Waals surface area contributed by atoms with Crippen LogP contribution < -0.4 is 10.9 Å². The summed E-state index contributed by atoms with van der Waals surface area (Å²) in [6, 6.07) is 5.56. The summed E-state index contributed by atoms with van der Waals surface area (Å²) in [5, 5.41) is 4.05. The first-order valence-corrected chi connectivity index (χ1v) is 10.6. The molecule has 1 amide bonds. The molecule has 0 radical (unpaired) electrons. The highest BCUT2D eigenvalue weighted by molar-refractivity contribution is 8.00. The Morgan fingerprint density at radius 3 is 2.59 bits per heavy atom. The van der Waals surface area contributed by atoms with Crippen LogP contribution in [-0.2, 0) is 6.54 Å². The zero-order valence-electron chi connectivity index (χ0n) is 15.9. The van der Waals surface area contributed by atoms with Crippen molar-refractivity contribution in [1.82, 2.24) is 10.3 Å². The molecule has 1 fully saturated rings. The number of nitrogens with one attached hydrogen (secondary N) is 2. The lowest BCUT2D eigenvalue weighted by Gasteiger charge is -2.15. The second-order valence-corrected chi connectivity index (χ2v) is 9.01. The molecule has 0 unspecified atom stereocenters. The van der Waals surface area contributed by atoms with E-state index in [-0.39, 0.29) is 18.0 Å². The van der Waals surface area contributed by atoms with Gasteiger partial charge >= 0.3 is 0 Å². The first-order valence-electron chi connectivity index (χ1n) is 9.29. The molecule has 3 rings (SSSR count). The minimum Gasteiger partial charge on any atom is -0.348 e. The number of rotatable bonds is 5. The molecule has 0 aliphatic heterocycles. The Bertz CT molecular complexity index is 917. The van der Waals surface area contributed by atoms with Crippen molar-refractivity contribution in [2.75, 3.05) is 0 Å². The number of aromatic amines is 1. The zero-order valence-corrected chi connectivity index (χ0v) is 17.5. The lowest BCUT2D eigenvalue weighted by atomic mass is 10.1. The lowest BCUT2D eigenvalue weighted by Crippen LogP contribution is -2.28. The molecule has 4 nitrogen and oxygen atoms in total. The second kappa shape index (κ2) is 8.53. The summed E-state index contributed by atoms with van der Waals surface area (Å²) >= 11 is 8.11. The Morgan fingerprint density at radius 1 is 1.22 bits per heavy atom. The van der Waals surface area contributed by atoms with Crippen LogP contribution in [0.2, 0.25) is 5.02 Å². The van der Waals surface area contributed by atoms with E-state index in [1.54, 1.807) is 6.07 Å². The molecule has 0 atom stereocenters. The van der Waals surface area contributed by atoms with Gasteiger partial charge in [-0.05, 0) is 62.9 Å². The summed E-state index contributed by atoms with van der Waals surface area (Å²) in [4.78, 5) is 28.8. The second-order valence-electron chi connectivity index (χ2n) is 7.23. The maximum Gasteiger partial charge on any atom is 0.253 e. The number of hydrogen-bond acceptors (Lipinski definition) is 3. The topological polar surface area (TPSA) is 62.0 Å². The molecular weight excluding hydrogens is 380 g/mol. The maximum absolute atomic E-state index is 12.8. The molecule has 144 valence electrons. The van der Waals surface area contributed by atoms with Crippen LogP contribution in [0.3, 0.4) is 0 Å². The average molecular weight is 405 g/mol. The number of H-pyrrole nitrogens is 1. The third-order valence-electron chi connectivity index (χ3n) is 5.08. The van der Waals surface area contributed by atoms with E-state index in [1.807, 2.05) is 44.7 Å². The van der Waals surface area contributed by atoms with Gasteiger partial charge in [0.15, 0.2) is 0 Å². The number of thioether (sulfide) groups is 1. The molecular formula is C21H25ClN2O2S. The fourth-order valence-electron chi connectivity index (χ4n) is 3.56. The van der Waals surface area contributed by atoms with Crippen molar-refractivity contribution in [3.8, 4) is 0 Å². The molecule has 1 aliphatic rings. The van der Waals surface area contributed by atoms with Crippen LogP contribution in [0.4, 0.5) is 0 Å². The third kappa shape index (κ3) is 4.77. The van der Waals surface area contributed by atoms with Gasteiger partial charge in [-0.2, -0.15) is 0 Å². The molecule has 27 heavy (non-hydrogen) atoms. The van der Waals surface area contributed by atoms with E-state index in [1.165, 1.54) is 25.7 Å². The Balaban J connectivity index is 1.78. The van der Waals surface area contributed by atoms with Crippen molar-refractivity contribution in [3.05, 3.63) is 61.5 Å². The van der Waals surface area contributed by atoms with Crippen LogP contribution in [0.5, 0.6) is 0 Å². The predicted molar refractivity (Wildman–Crippen MR) is 112 cm³/mol. The fraction of sp³-hybridized carbons (Fsp3) is 0.429. The Kier molecular flexibility index (Phi) is 6.33. The number of pyridine rings is 1. The Morgan fingerprint density at radius 2 is 1.93 bits per heavy atom. The van der Waals surface area contributed by atoms with Gasteiger partial charge < -0.3 is 10.3 Å². The van der Waals surface area contributed by atoms with Gasteiger partial charge in [0.1, 0.15) is 0 Å². The number of benzene rings is 1. The molecule has 0 bridgehead atoms. The smallest absolute Gasteiger partial charge is 0.253 e. The highest BCUT2D eigenvalue weighted by Gasteiger charge is 2.20. The fourth-order valence-corrected chi connectivity index (χ4v) is 5.26. The number of carbonyl (C=O) groups excluding carboxylic acids is 1. The van der Waals surface area contributed by atoms with Gasteiger partial charge in [0, 0.05) is 38.5 Å². The monoisotopic (exact) mass is 404 g/mol. The lowest BCUT2D eigenvalue weighted by molar-refractivity contribution is 0.0950. The van der Waals surface area contributed by atoms with Crippen molar-refractivity contribution < 1.29 is 4.79 Å². The zero-order chi connectivity index (χ0) is 19.6. The van der Waals surface area contributed by atoms with E-state index >= 15 is 0 Å². The van der Waals surface area contributed by atoms with Crippen molar-refractivity contribution >= 4 is 29.3 Å². The highest BCUT2D eigenvalue weighted by atomic mass is 35.5. The van der Waals surface area contributed by atoms with E-state index in [4.69, 9.17) is 11.6 Å². The number of halogens is 1. The van der Waals surface area contributed by atoms with Gasteiger partial charge in [0.05, 0.1) is 0 Å². The van der Waals surface area contributed by atoms with Crippen LogP contribution in [0.1, 0.15) is 58.4 Å². The third-order valence-corrected chi connectivity index (χ3v) is 6.79. The molecule has 2 aromatic rings. The van der Waals surface area contributed by atoms with Crippen molar-refractivity contribution in [2.45, 2.75) is 63.1 Å². The SMILES string of the molecule is Cc1cc(C)c(CNC(=O)c2cc(Cl)cc(SC3CCCC3)c2C)c(=O)[nH]1. The number of amides is 1. The van der Waals surface area contributed by atoms with Crippen molar-refractivity contribution in [1.29, 1.82) is 0 Å². The van der Waals surface area contributed by atoms with E-state index < -0.39 is 0 Å². The van der Waals surface area contributed by atoms with Crippen LogP contribution in [0.15, 0.2) is 27.9 Å². The standard InChI is InChI=1S/C21H25ClN2O2S/c1-12-8-13(2)24-21(26)18(12)11-23-20(25)17-9-15(22)10-19(14(17)3)27-16-6-4-5-7-16/h8-10,16H,4-7,11H2,1-3H3,(H,23,25)(H,24,26). The number of aryl methyl sites for hydroxylation is 2. The molecule has 1 heterocycles. The van der Waals surface area contributed by atoms with E-state index in [0.717, 1.165) is 21.7 Å². The molecule has 2 N–H and O–H groups in total. The van der Waals surface area contributed by atoms with Gasteiger partial charge in [-0.15, -0.1) is 11.8 Å². The molecule has 0 saturated heterocycles. The molecule has 1 aromatic heterocycles. The molecule has 1 aromatic carbocycles. The maximum atomic E-state index is 12.8. The molecule has 1 aliphatic carbocycles. The highest BCUT2D eigenvalue weighted by Crippen LogP contribution is 2.38. The largest absolute Gasteiger partial charge is 0.348 e. The quantitative estimate of drug-likeness (QED) is 0.743. The number of carbonyl (C=O) groups is 1. The van der Waals surface area contributed by atoms with Gasteiger partial charge in [0.2, 0.25) is 0 Å². The van der Waals surface area contributed by atoms with Crippen molar-refractivity contribution in [3.63, 3.8) is 0 Å². The normalized spacial score (nSPS) is 14.5. The van der Waals surface area contributed by atoms with Crippen LogP contribution >= 0.6 is 23.4 Å². The Hall–Kier alpha value is -1.72. The van der Waals surface area contributed by atoms with Gasteiger partial charge in [-0.25, -0.2) is 0 Å². The van der Waals surface area contributed by atoms with Crippen LogP contribution in [-0.4, -0.2) is 16.1 Å². The summed E-state index contributed by atoms with van der Waals surface area (Å²) in [5.74, 6) is -0.206. The van der Waals surface area contributed by atoms with Crippen molar-refractivity contribution in [2.24, 2.45) is 0 Å². The van der Waals surface area contributed by atoms with Gasteiger partial charge in [0.25, 0.3) is 11.5 Å². The summed E-state index contributed by atoms with van der Waals surface area (Å²) in [6.45, 7) is 5.88. The summed E-state index contributed by atoms with van der Waals surface area (Å²) in [5.41, 5.74) is 3.62. The van der Waals surface area contributed by atoms with E-state index in [9.17, 15) is 9.59 Å². The molecule has 0 spiro atoms. The predicted octanol–water partition coefficient (Wildman–Crippen LogP) is 4.92.